The molecule has 0 spiro atoms. The lowest BCUT2D eigenvalue weighted by atomic mass is 10.0. The lowest BCUT2D eigenvalue weighted by Crippen LogP contribution is -2.23. The van der Waals surface area contributed by atoms with Crippen LogP contribution in [0.25, 0.3) is 11.1 Å². The summed E-state index contributed by atoms with van der Waals surface area (Å²) in [4.78, 5) is 13.6. The molecule has 2 nitrogen and oxygen atoms in total. The van der Waals surface area contributed by atoms with Crippen molar-refractivity contribution in [3.63, 3.8) is 0 Å². The minimum atomic E-state index is -0.308. The summed E-state index contributed by atoms with van der Waals surface area (Å²) < 4.78 is 13.6. The standard InChI is InChI=1S/C19H16FNOS/c1-13-18(14-7-3-2-4-8-14)16(12-23-13)19(22)21-11-15-9-5-6-10-17(15)20/h2-10,12H,11H2,1H3,(H,21,22). The summed E-state index contributed by atoms with van der Waals surface area (Å²) in [6.07, 6.45) is 0. The highest BCUT2D eigenvalue weighted by Gasteiger charge is 2.17. The molecule has 0 fully saturated rings. The summed E-state index contributed by atoms with van der Waals surface area (Å²) >= 11 is 1.54. The van der Waals surface area contributed by atoms with Crippen molar-refractivity contribution in [2.24, 2.45) is 0 Å². The van der Waals surface area contributed by atoms with Crippen molar-refractivity contribution in [2.45, 2.75) is 13.5 Å². The molecule has 116 valence electrons. The maximum atomic E-state index is 13.6. The maximum Gasteiger partial charge on any atom is 0.253 e. The molecule has 0 atom stereocenters. The quantitative estimate of drug-likeness (QED) is 0.734. The molecule has 0 saturated heterocycles. The van der Waals surface area contributed by atoms with Crippen LogP contribution >= 0.6 is 11.3 Å². The highest BCUT2D eigenvalue weighted by Crippen LogP contribution is 2.32. The molecule has 1 N–H and O–H groups in total. The number of thiophene rings is 1. The lowest BCUT2D eigenvalue weighted by molar-refractivity contribution is 0.0951. The van der Waals surface area contributed by atoms with Gasteiger partial charge in [0.25, 0.3) is 5.91 Å². The van der Waals surface area contributed by atoms with Crippen LogP contribution in [0.5, 0.6) is 0 Å². The normalized spacial score (nSPS) is 10.5. The molecule has 3 aromatic rings. The summed E-state index contributed by atoms with van der Waals surface area (Å²) in [5, 5.41) is 4.66. The van der Waals surface area contributed by atoms with Gasteiger partial charge in [0.2, 0.25) is 0 Å². The van der Waals surface area contributed by atoms with Crippen molar-refractivity contribution in [1.29, 1.82) is 0 Å². The molecule has 0 aliphatic carbocycles. The van der Waals surface area contributed by atoms with Crippen LogP contribution < -0.4 is 5.32 Å². The zero-order valence-electron chi connectivity index (χ0n) is 12.7. The van der Waals surface area contributed by atoms with Crippen LogP contribution in [0.4, 0.5) is 4.39 Å². The second-order valence-corrected chi connectivity index (χ2v) is 6.30. The number of benzene rings is 2. The lowest BCUT2D eigenvalue weighted by Gasteiger charge is -2.08. The van der Waals surface area contributed by atoms with Gasteiger partial charge in [0, 0.05) is 27.9 Å². The van der Waals surface area contributed by atoms with Gasteiger partial charge in [0.15, 0.2) is 0 Å². The molecule has 0 radical (unpaired) electrons. The minimum Gasteiger partial charge on any atom is -0.348 e. The smallest absolute Gasteiger partial charge is 0.253 e. The molecule has 1 amide bonds. The molecule has 4 heteroatoms. The fourth-order valence-corrected chi connectivity index (χ4v) is 3.36. The number of halogens is 1. The Bertz CT molecular complexity index is 826. The number of hydrogen-bond donors (Lipinski definition) is 1. The molecule has 0 saturated carbocycles. The Morgan fingerprint density at radius 1 is 1.09 bits per heavy atom. The third-order valence-electron chi connectivity index (χ3n) is 3.68. The van der Waals surface area contributed by atoms with Crippen molar-refractivity contribution in [2.75, 3.05) is 0 Å². The van der Waals surface area contributed by atoms with Crippen LogP contribution in [0.15, 0.2) is 60.0 Å². The van der Waals surface area contributed by atoms with Crippen molar-refractivity contribution >= 4 is 17.2 Å². The zero-order chi connectivity index (χ0) is 16.2. The van der Waals surface area contributed by atoms with Crippen LogP contribution in [-0.2, 0) is 6.54 Å². The minimum absolute atomic E-state index is 0.175. The van der Waals surface area contributed by atoms with Gasteiger partial charge in [-0.2, -0.15) is 0 Å². The molecule has 0 unspecified atom stereocenters. The van der Waals surface area contributed by atoms with E-state index in [2.05, 4.69) is 5.32 Å². The molecule has 2 aromatic carbocycles. The predicted octanol–water partition coefficient (Wildman–Crippen LogP) is 4.79. The first kappa shape index (κ1) is 15.4. The second-order valence-electron chi connectivity index (χ2n) is 5.22. The van der Waals surface area contributed by atoms with Gasteiger partial charge < -0.3 is 5.32 Å². The Kier molecular flexibility index (Phi) is 4.53. The average Bonchev–Trinajstić information content (AvgIpc) is 2.96. The summed E-state index contributed by atoms with van der Waals surface area (Å²) in [6.45, 7) is 2.18. The molecular weight excluding hydrogens is 309 g/mol. The number of carbonyl (C=O) groups is 1. The average molecular weight is 325 g/mol. The van der Waals surface area contributed by atoms with Gasteiger partial charge in [0.1, 0.15) is 5.82 Å². The SMILES string of the molecule is Cc1scc(C(=O)NCc2ccccc2F)c1-c1ccccc1. The predicted molar refractivity (Wildman–Crippen MR) is 92.1 cm³/mol. The molecule has 3 rings (SSSR count). The number of aryl methyl sites for hydroxylation is 1. The Hall–Kier alpha value is -2.46. The summed E-state index contributed by atoms with van der Waals surface area (Å²) in [5.74, 6) is -0.492. The molecule has 1 heterocycles. The van der Waals surface area contributed by atoms with Crippen molar-refractivity contribution in [3.05, 3.63) is 81.8 Å². The first-order valence-corrected chi connectivity index (χ1v) is 8.20. The van der Waals surface area contributed by atoms with Crippen molar-refractivity contribution in [3.8, 4) is 11.1 Å². The first-order valence-electron chi connectivity index (χ1n) is 7.32. The molecule has 1 aromatic heterocycles. The van der Waals surface area contributed by atoms with Crippen LogP contribution in [0.3, 0.4) is 0 Å². The molecule has 0 aliphatic rings. The first-order chi connectivity index (χ1) is 11.2. The monoisotopic (exact) mass is 325 g/mol. The van der Waals surface area contributed by atoms with Gasteiger partial charge in [-0.3, -0.25) is 4.79 Å². The highest BCUT2D eigenvalue weighted by molar-refractivity contribution is 7.10. The van der Waals surface area contributed by atoms with Gasteiger partial charge in [-0.1, -0.05) is 48.5 Å². The van der Waals surface area contributed by atoms with Crippen LogP contribution in [0.2, 0.25) is 0 Å². The molecular formula is C19H16FNOS. The molecule has 23 heavy (non-hydrogen) atoms. The number of amides is 1. The fourth-order valence-electron chi connectivity index (χ4n) is 2.50. The number of carbonyl (C=O) groups excluding carboxylic acids is 1. The van der Waals surface area contributed by atoms with Gasteiger partial charge in [0.05, 0.1) is 5.56 Å². The zero-order valence-corrected chi connectivity index (χ0v) is 13.5. The van der Waals surface area contributed by atoms with Crippen LogP contribution in [-0.4, -0.2) is 5.91 Å². The Morgan fingerprint density at radius 3 is 2.52 bits per heavy atom. The summed E-state index contributed by atoms with van der Waals surface area (Å²) in [7, 11) is 0. The number of nitrogens with one attached hydrogen (secondary N) is 1. The van der Waals surface area contributed by atoms with Gasteiger partial charge in [-0.15, -0.1) is 11.3 Å². The molecule has 0 aliphatic heterocycles. The van der Waals surface area contributed by atoms with Crippen molar-refractivity contribution in [1.82, 2.24) is 5.32 Å². The van der Waals surface area contributed by atoms with E-state index >= 15 is 0 Å². The van der Waals surface area contributed by atoms with E-state index in [9.17, 15) is 9.18 Å². The summed E-state index contributed by atoms with van der Waals surface area (Å²) in [5.41, 5.74) is 3.08. The fraction of sp³-hybridized carbons (Fsp3) is 0.105. The number of hydrogen-bond acceptors (Lipinski definition) is 2. The van der Waals surface area contributed by atoms with Gasteiger partial charge in [-0.05, 0) is 18.6 Å². The van der Waals surface area contributed by atoms with E-state index in [1.165, 1.54) is 6.07 Å². The third-order valence-corrected chi connectivity index (χ3v) is 4.59. The van der Waals surface area contributed by atoms with Crippen LogP contribution in [0, 0.1) is 12.7 Å². The Morgan fingerprint density at radius 2 is 1.78 bits per heavy atom. The summed E-state index contributed by atoms with van der Waals surface area (Å²) in [6, 6.07) is 16.3. The number of rotatable bonds is 4. The van der Waals surface area contributed by atoms with Gasteiger partial charge in [-0.25, -0.2) is 4.39 Å². The van der Waals surface area contributed by atoms with Crippen LogP contribution in [0.1, 0.15) is 20.8 Å². The van der Waals surface area contributed by atoms with E-state index in [-0.39, 0.29) is 18.3 Å². The largest absolute Gasteiger partial charge is 0.348 e. The highest BCUT2D eigenvalue weighted by atomic mass is 32.1. The van der Waals surface area contributed by atoms with Crippen molar-refractivity contribution < 1.29 is 9.18 Å². The van der Waals surface area contributed by atoms with Gasteiger partial charge >= 0.3 is 0 Å². The molecule has 0 bridgehead atoms. The topological polar surface area (TPSA) is 29.1 Å². The van der Waals surface area contributed by atoms with E-state index in [0.29, 0.717) is 11.1 Å². The van der Waals surface area contributed by atoms with E-state index in [4.69, 9.17) is 0 Å². The maximum absolute atomic E-state index is 13.6. The Labute approximate surface area is 138 Å². The van der Waals surface area contributed by atoms with E-state index in [0.717, 1.165) is 16.0 Å². The van der Waals surface area contributed by atoms with E-state index in [1.807, 2.05) is 42.6 Å². The van der Waals surface area contributed by atoms with E-state index in [1.54, 1.807) is 29.5 Å². The Balaban J connectivity index is 1.83. The third kappa shape index (κ3) is 3.32. The van der Waals surface area contributed by atoms with E-state index < -0.39 is 0 Å². The second kappa shape index (κ2) is 6.75.